The van der Waals surface area contributed by atoms with Crippen LogP contribution in [0.15, 0.2) is 49.5 Å². The second kappa shape index (κ2) is 6.75. The molecular weight excluding hydrogens is 283 g/mol. The minimum absolute atomic E-state index is 0.180. The number of ether oxygens (including phenoxy) is 1. The topological polar surface area (TPSA) is 27.1 Å². The number of nitrogens with zero attached hydrogens (tertiary/aromatic N) is 2. The van der Waals surface area contributed by atoms with E-state index in [4.69, 9.17) is 34.8 Å². The van der Waals surface area contributed by atoms with E-state index in [9.17, 15) is 0 Å². The summed E-state index contributed by atoms with van der Waals surface area (Å²) >= 11 is 12.1. The van der Waals surface area contributed by atoms with Crippen molar-refractivity contribution in [1.29, 1.82) is 0 Å². The number of benzene rings is 1. The van der Waals surface area contributed by atoms with Crippen LogP contribution in [0.25, 0.3) is 0 Å². The van der Waals surface area contributed by atoms with Gasteiger partial charge in [-0.3, -0.25) is 0 Å². The molecule has 19 heavy (non-hydrogen) atoms. The quantitative estimate of drug-likeness (QED) is 0.750. The van der Waals surface area contributed by atoms with Crippen molar-refractivity contribution in [3.05, 3.63) is 65.1 Å². The Balaban J connectivity index is 2.38. The summed E-state index contributed by atoms with van der Waals surface area (Å²) in [7, 11) is 0. The van der Waals surface area contributed by atoms with Gasteiger partial charge in [-0.2, -0.15) is 0 Å². The minimum Gasteiger partial charge on any atom is -0.368 e. The maximum Gasteiger partial charge on any atom is 0.102 e. The fourth-order valence-corrected chi connectivity index (χ4v) is 2.18. The Labute approximate surface area is 129 Å². The van der Waals surface area contributed by atoms with Crippen LogP contribution >= 0.6 is 23.2 Å². The van der Waals surface area contributed by atoms with Crippen molar-refractivity contribution in [2.45, 2.75) is 12.6 Å². The molecule has 0 fully saturated rings. The van der Waals surface area contributed by atoms with Crippen molar-refractivity contribution in [3.8, 4) is 0 Å². The van der Waals surface area contributed by atoms with Crippen LogP contribution in [0.1, 0.15) is 18.5 Å². The highest BCUT2D eigenvalue weighted by Gasteiger charge is 2.16. The van der Waals surface area contributed by atoms with Gasteiger partial charge < -0.3 is 9.30 Å². The van der Waals surface area contributed by atoms with Crippen LogP contribution in [-0.4, -0.2) is 16.1 Å². The number of halogens is 2. The average Bonchev–Trinajstić information content (AvgIpc) is 2.98. The first kappa shape index (κ1) is 8.80. The highest BCUT2D eigenvalue weighted by Crippen LogP contribution is 2.29. The Hall–Kier alpha value is -1.29. The van der Waals surface area contributed by atoms with Gasteiger partial charge in [0.15, 0.2) is 0 Å². The zero-order valence-corrected chi connectivity index (χ0v) is 11.3. The van der Waals surface area contributed by atoms with Crippen molar-refractivity contribution in [1.82, 2.24) is 9.55 Å². The van der Waals surface area contributed by atoms with Gasteiger partial charge in [0.25, 0.3) is 0 Å². The van der Waals surface area contributed by atoms with Crippen LogP contribution in [0.2, 0.25) is 10.0 Å². The van der Waals surface area contributed by atoms with Crippen LogP contribution in [0, 0.1) is 0 Å². The van der Waals surface area contributed by atoms with Crippen molar-refractivity contribution in [3.63, 3.8) is 0 Å². The van der Waals surface area contributed by atoms with Gasteiger partial charge in [0, 0.05) is 28.0 Å². The van der Waals surface area contributed by atoms with Crippen LogP contribution in [0.4, 0.5) is 0 Å². The smallest absolute Gasteiger partial charge is 0.102 e. The summed E-state index contributed by atoms with van der Waals surface area (Å²) in [6.07, 6.45) is 3.90. The molecule has 1 aromatic carbocycles. The molecule has 0 N–H and O–H groups in total. The van der Waals surface area contributed by atoms with Gasteiger partial charge in [0.05, 0.1) is 26.3 Å². The Morgan fingerprint density at radius 3 is 3.21 bits per heavy atom. The lowest BCUT2D eigenvalue weighted by Gasteiger charge is -2.19. The lowest BCUT2D eigenvalue weighted by atomic mass is 10.1. The normalized spacial score (nSPS) is 16.6. The van der Waals surface area contributed by atoms with Gasteiger partial charge in [-0.15, -0.1) is 6.53 Å². The Bertz CT molecular complexity index is 733. The molecular formula is C14H14Cl2N2O. The zero-order chi connectivity index (χ0) is 17.9. The predicted octanol–water partition coefficient (Wildman–Crippen LogP) is 4.13. The predicted molar refractivity (Wildman–Crippen MR) is 77.6 cm³/mol. The highest BCUT2D eigenvalue weighted by molar-refractivity contribution is 6.35. The molecule has 1 heterocycles. The Morgan fingerprint density at radius 2 is 2.53 bits per heavy atom. The molecule has 5 heteroatoms. The van der Waals surface area contributed by atoms with E-state index in [0.29, 0.717) is 10.6 Å². The maximum atomic E-state index is 7.85. The first-order chi connectivity index (χ1) is 11.2. The molecule has 1 unspecified atom stereocenters. The fourth-order valence-electron chi connectivity index (χ4n) is 1.65. The van der Waals surface area contributed by atoms with Gasteiger partial charge in [0.1, 0.15) is 6.10 Å². The molecule has 2 rings (SSSR count). The fraction of sp³-hybridized carbons (Fsp3) is 0.214. The molecule has 0 aliphatic carbocycles. The summed E-state index contributed by atoms with van der Waals surface area (Å²) in [5, 5.41) is 0.713. The van der Waals surface area contributed by atoms with Gasteiger partial charge in [0.2, 0.25) is 0 Å². The van der Waals surface area contributed by atoms with E-state index in [2.05, 4.69) is 4.98 Å². The molecule has 1 atom stereocenters. The first-order valence-electron chi connectivity index (χ1n) is 7.94. The largest absolute Gasteiger partial charge is 0.368 e. The van der Waals surface area contributed by atoms with E-state index in [1.165, 1.54) is 12.4 Å². The van der Waals surface area contributed by atoms with Crippen LogP contribution in [0.5, 0.6) is 0 Å². The van der Waals surface area contributed by atoms with E-state index in [0.717, 1.165) is 0 Å². The van der Waals surface area contributed by atoms with Gasteiger partial charge >= 0.3 is 0 Å². The minimum atomic E-state index is -2.62. The summed E-state index contributed by atoms with van der Waals surface area (Å²) in [4.78, 5) is 3.92. The summed E-state index contributed by atoms with van der Waals surface area (Å²) < 4.78 is 44.6. The van der Waals surface area contributed by atoms with Gasteiger partial charge in [-0.25, -0.2) is 4.98 Å². The molecule has 0 bridgehead atoms. The van der Waals surface area contributed by atoms with E-state index >= 15 is 0 Å². The summed E-state index contributed by atoms with van der Waals surface area (Å²) in [6.45, 7) is -3.39. The lowest BCUT2D eigenvalue weighted by Crippen LogP contribution is -2.12. The third kappa shape index (κ3) is 3.83. The molecule has 0 radical (unpaired) electrons. The number of rotatable bonds is 6. The Morgan fingerprint density at radius 1 is 1.63 bits per heavy atom. The molecule has 2 aromatic rings. The van der Waals surface area contributed by atoms with Crippen LogP contribution in [-0.2, 0) is 11.3 Å². The summed E-state index contributed by atoms with van der Waals surface area (Å²) in [5.74, 6) is 0. The van der Waals surface area contributed by atoms with E-state index in [1.807, 2.05) is 0 Å². The second-order valence-electron chi connectivity index (χ2n) is 3.76. The SMILES string of the molecule is [2H]C([2H])=C([2H])C([2H])([2H])OC(Cn1ccnc1)c1ccc(Cl)cc1Cl. The molecule has 3 nitrogen and oxygen atoms in total. The standard InChI is InChI=1S/C14H14Cl2N2O/c1-2-7-19-14(9-18-6-5-17-10-18)12-4-3-11(15)8-13(12)16/h2-6,8,10,14H,1,7,9H2/i1D2,2D,7D2. The number of imidazole rings is 1. The molecule has 100 valence electrons. The average molecular weight is 302 g/mol. The number of hydrogen-bond donors (Lipinski definition) is 0. The van der Waals surface area contributed by atoms with Gasteiger partial charge in [-0.05, 0) is 12.1 Å². The van der Waals surface area contributed by atoms with Crippen LogP contribution < -0.4 is 0 Å². The molecule has 0 aliphatic rings. The molecule has 0 aliphatic heterocycles. The molecule has 0 amide bonds. The van der Waals surface area contributed by atoms with Crippen LogP contribution in [0.3, 0.4) is 0 Å². The molecule has 0 saturated carbocycles. The molecule has 0 spiro atoms. The van der Waals surface area contributed by atoms with E-state index < -0.39 is 25.2 Å². The number of aromatic nitrogens is 2. The van der Waals surface area contributed by atoms with Crippen molar-refractivity contribution in [2.24, 2.45) is 0 Å². The monoisotopic (exact) mass is 301 g/mol. The first-order valence-corrected chi connectivity index (χ1v) is 6.19. The van der Waals surface area contributed by atoms with Crippen molar-refractivity contribution < 1.29 is 11.6 Å². The van der Waals surface area contributed by atoms with E-state index in [-0.39, 0.29) is 11.6 Å². The highest BCUT2D eigenvalue weighted by atomic mass is 35.5. The van der Waals surface area contributed by atoms with Gasteiger partial charge in [-0.1, -0.05) is 35.3 Å². The second-order valence-corrected chi connectivity index (χ2v) is 4.60. The molecule has 1 aromatic heterocycles. The third-order valence-corrected chi connectivity index (χ3v) is 3.06. The summed E-state index contributed by atoms with van der Waals surface area (Å²) in [5.41, 5.74) is 0.475. The Kier molecular flexibility index (Phi) is 3.13. The van der Waals surface area contributed by atoms with Crippen molar-refractivity contribution >= 4 is 23.2 Å². The molecule has 0 saturated heterocycles. The number of hydrogen-bond acceptors (Lipinski definition) is 2. The zero-order valence-electron chi connectivity index (χ0n) is 14.8. The lowest BCUT2D eigenvalue weighted by molar-refractivity contribution is 0.0608. The van der Waals surface area contributed by atoms with E-state index in [1.54, 1.807) is 29.1 Å². The third-order valence-electron chi connectivity index (χ3n) is 2.50. The maximum absolute atomic E-state index is 7.85. The summed E-state index contributed by atoms with van der Waals surface area (Å²) in [6, 6.07) is 3.84. The van der Waals surface area contributed by atoms with Crippen molar-refractivity contribution in [2.75, 3.05) is 6.56 Å².